The minimum absolute atomic E-state index is 0.180. The van der Waals surface area contributed by atoms with Gasteiger partial charge in [0.15, 0.2) is 0 Å². The number of benzene rings is 2. The Morgan fingerprint density at radius 1 is 1.14 bits per heavy atom. The highest BCUT2D eigenvalue weighted by Crippen LogP contribution is 2.13. The largest absolute Gasteiger partial charge is 0.494 e. The molecule has 0 spiro atoms. The number of carbonyl (C=O) groups is 1. The van der Waals surface area contributed by atoms with Crippen molar-refractivity contribution < 1.29 is 13.9 Å². The van der Waals surface area contributed by atoms with E-state index in [0.29, 0.717) is 19.6 Å². The number of urea groups is 1. The fourth-order valence-corrected chi connectivity index (χ4v) is 1.88. The highest BCUT2D eigenvalue weighted by molar-refractivity contribution is 5.89. The van der Waals surface area contributed by atoms with Crippen LogP contribution in [0.3, 0.4) is 0 Å². The molecule has 4 nitrogen and oxygen atoms in total. The molecule has 0 heterocycles. The van der Waals surface area contributed by atoms with Crippen molar-refractivity contribution in [3.8, 4) is 5.75 Å². The predicted octanol–water partition coefficient (Wildman–Crippen LogP) is 3.76. The summed E-state index contributed by atoms with van der Waals surface area (Å²) in [4.78, 5) is 13.4. The standard InChI is InChI=1S/C17H19FN2O2/c1-20(12-7-13-22-14-8-3-2-4-9-14)17(21)19-16-11-6-5-10-15(16)18/h2-6,8-11H,7,12-13H2,1H3,(H,19,21). The summed E-state index contributed by atoms with van der Waals surface area (Å²) in [6.07, 6.45) is 0.691. The number of hydrogen-bond donors (Lipinski definition) is 1. The van der Waals surface area contributed by atoms with Gasteiger partial charge in [0.2, 0.25) is 0 Å². The first-order valence-electron chi connectivity index (χ1n) is 7.11. The Kier molecular flexibility index (Phi) is 5.77. The second kappa shape index (κ2) is 8.02. The summed E-state index contributed by atoms with van der Waals surface area (Å²) >= 11 is 0. The molecular formula is C17H19FN2O2. The van der Waals surface area contributed by atoms with E-state index in [9.17, 15) is 9.18 Å². The van der Waals surface area contributed by atoms with Crippen LogP contribution in [0.4, 0.5) is 14.9 Å². The Balaban J connectivity index is 1.71. The quantitative estimate of drug-likeness (QED) is 0.826. The number of ether oxygens (including phenoxy) is 1. The van der Waals surface area contributed by atoms with Crippen LogP contribution >= 0.6 is 0 Å². The zero-order chi connectivity index (χ0) is 15.8. The maximum absolute atomic E-state index is 13.5. The molecule has 1 N–H and O–H groups in total. The molecule has 2 rings (SSSR count). The molecule has 0 aliphatic rings. The summed E-state index contributed by atoms with van der Waals surface area (Å²) < 4.78 is 19.0. The van der Waals surface area contributed by atoms with Crippen LogP contribution in [0.25, 0.3) is 0 Å². The van der Waals surface area contributed by atoms with Gasteiger partial charge in [-0.3, -0.25) is 0 Å². The van der Waals surface area contributed by atoms with Gasteiger partial charge < -0.3 is 15.0 Å². The SMILES string of the molecule is CN(CCCOc1ccccc1)C(=O)Nc1ccccc1F. The van der Waals surface area contributed by atoms with E-state index in [-0.39, 0.29) is 11.7 Å². The molecule has 2 amide bonds. The third-order valence-corrected chi connectivity index (χ3v) is 3.11. The minimum Gasteiger partial charge on any atom is -0.494 e. The van der Waals surface area contributed by atoms with E-state index in [1.807, 2.05) is 30.3 Å². The first-order valence-corrected chi connectivity index (χ1v) is 7.11. The average Bonchev–Trinajstić information content (AvgIpc) is 2.54. The Labute approximate surface area is 129 Å². The van der Waals surface area contributed by atoms with E-state index in [2.05, 4.69) is 5.32 Å². The zero-order valence-corrected chi connectivity index (χ0v) is 12.5. The van der Waals surface area contributed by atoms with Crippen LogP contribution < -0.4 is 10.1 Å². The predicted molar refractivity (Wildman–Crippen MR) is 84.6 cm³/mol. The highest BCUT2D eigenvalue weighted by Gasteiger charge is 2.10. The second-order valence-electron chi connectivity index (χ2n) is 4.85. The first kappa shape index (κ1) is 15.8. The second-order valence-corrected chi connectivity index (χ2v) is 4.85. The van der Waals surface area contributed by atoms with Crippen molar-refractivity contribution in [3.63, 3.8) is 0 Å². The molecule has 0 saturated heterocycles. The van der Waals surface area contributed by atoms with Crippen LogP contribution in [0.5, 0.6) is 5.75 Å². The van der Waals surface area contributed by atoms with Crippen molar-refractivity contribution in [1.82, 2.24) is 4.90 Å². The summed E-state index contributed by atoms with van der Waals surface area (Å²) in [7, 11) is 1.67. The van der Waals surface area contributed by atoms with Crippen LogP contribution in [0.1, 0.15) is 6.42 Å². The monoisotopic (exact) mass is 302 g/mol. The van der Waals surface area contributed by atoms with Gasteiger partial charge in [0.1, 0.15) is 11.6 Å². The van der Waals surface area contributed by atoms with Crippen molar-refractivity contribution in [1.29, 1.82) is 0 Å². The zero-order valence-electron chi connectivity index (χ0n) is 12.5. The summed E-state index contributed by atoms with van der Waals surface area (Å²) in [5.41, 5.74) is 0.180. The van der Waals surface area contributed by atoms with E-state index in [4.69, 9.17) is 4.74 Å². The van der Waals surface area contributed by atoms with Gasteiger partial charge in [-0.2, -0.15) is 0 Å². The average molecular weight is 302 g/mol. The maximum atomic E-state index is 13.5. The van der Waals surface area contributed by atoms with E-state index in [1.165, 1.54) is 17.0 Å². The van der Waals surface area contributed by atoms with Crippen molar-refractivity contribution in [2.75, 3.05) is 25.5 Å². The lowest BCUT2D eigenvalue weighted by atomic mass is 10.3. The molecule has 5 heteroatoms. The Morgan fingerprint density at radius 3 is 2.55 bits per heavy atom. The molecule has 116 valence electrons. The highest BCUT2D eigenvalue weighted by atomic mass is 19.1. The molecule has 0 bridgehead atoms. The number of nitrogens with zero attached hydrogens (tertiary/aromatic N) is 1. The molecule has 0 unspecified atom stereocenters. The van der Waals surface area contributed by atoms with Crippen LogP contribution in [-0.2, 0) is 0 Å². The van der Waals surface area contributed by atoms with Crippen molar-refractivity contribution >= 4 is 11.7 Å². The Bertz CT molecular complexity index is 605. The molecule has 0 fully saturated rings. The molecule has 2 aromatic carbocycles. The fraction of sp³-hybridized carbons (Fsp3) is 0.235. The van der Waals surface area contributed by atoms with Gasteiger partial charge in [-0.1, -0.05) is 30.3 Å². The molecule has 0 radical (unpaired) electrons. The van der Waals surface area contributed by atoms with Crippen LogP contribution in [-0.4, -0.2) is 31.1 Å². The Hall–Kier alpha value is -2.56. The number of rotatable bonds is 6. The first-order chi connectivity index (χ1) is 10.7. The van der Waals surface area contributed by atoms with E-state index in [0.717, 1.165) is 5.75 Å². The summed E-state index contributed by atoms with van der Waals surface area (Å²) in [5, 5.41) is 2.54. The fourth-order valence-electron chi connectivity index (χ4n) is 1.88. The van der Waals surface area contributed by atoms with Crippen molar-refractivity contribution in [2.45, 2.75) is 6.42 Å². The minimum atomic E-state index is -0.448. The number of halogens is 1. The molecule has 0 aliphatic carbocycles. The molecule has 22 heavy (non-hydrogen) atoms. The van der Waals surface area contributed by atoms with Crippen LogP contribution in [0.15, 0.2) is 54.6 Å². The topological polar surface area (TPSA) is 41.6 Å². The van der Waals surface area contributed by atoms with Gasteiger partial charge in [0, 0.05) is 13.6 Å². The lowest BCUT2D eigenvalue weighted by molar-refractivity contribution is 0.216. The lowest BCUT2D eigenvalue weighted by Crippen LogP contribution is -2.33. The van der Waals surface area contributed by atoms with Gasteiger partial charge in [0.05, 0.1) is 12.3 Å². The number of carbonyl (C=O) groups excluding carboxylic acids is 1. The molecule has 0 aliphatic heterocycles. The van der Waals surface area contributed by atoms with Gasteiger partial charge in [0.25, 0.3) is 0 Å². The van der Waals surface area contributed by atoms with Gasteiger partial charge in [-0.15, -0.1) is 0 Å². The lowest BCUT2D eigenvalue weighted by Gasteiger charge is -2.18. The summed E-state index contributed by atoms with van der Waals surface area (Å²) in [6.45, 7) is 1.04. The maximum Gasteiger partial charge on any atom is 0.321 e. The van der Waals surface area contributed by atoms with Gasteiger partial charge in [-0.25, -0.2) is 9.18 Å². The normalized spacial score (nSPS) is 10.1. The van der Waals surface area contributed by atoms with Crippen molar-refractivity contribution in [3.05, 3.63) is 60.4 Å². The number of hydrogen-bond acceptors (Lipinski definition) is 2. The molecule has 0 aromatic heterocycles. The smallest absolute Gasteiger partial charge is 0.321 e. The molecular weight excluding hydrogens is 283 g/mol. The number of nitrogens with one attached hydrogen (secondary N) is 1. The molecule has 0 saturated carbocycles. The number of amides is 2. The van der Waals surface area contributed by atoms with Gasteiger partial charge in [-0.05, 0) is 30.7 Å². The van der Waals surface area contributed by atoms with Crippen molar-refractivity contribution in [2.24, 2.45) is 0 Å². The molecule has 0 atom stereocenters. The number of anilines is 1. The third kappa shape index (κ3) is 4.77. The van der Waals surface area contributed by atoms with E-state index >= 15 is 0 Å². The van der Waals surface area contributed by atoms with Crippen LogP contribution in [0.2, 0.25) is 0 Å². The summed E-state index contributed by atoms with van der Waals surface area (Å²) in [6, 6.07) is 15.2. The van der Waals surface area contributed by atoms with Gasteiger partial charge >= 0.3 is 6.03 Å². The van der Waals surface area contributed by atoms with E-state index in [1.54, 1.807) is 19.2 Å². The third-order valence-electron chi connectivity index (χ3n) is 3.11. The summed E-state index contributed by atoms with van der Waals surface area (Å²) in [5.74, 6) is 0.359. The number of para-hydroxylation sites is 2. The van der Waals surface area contributed by atoms with Crippen LogP contribution in [0, 0.1) is 5.82 Å². The van der Waals surface area contributed by atoms with E-state index < -0.39 is 5.82 Å². The molecule has 2 aromatic rings. The Morgan fingerprint density at radius 2 is 1.82 bits per heavy atom.